The zero-order valence-electron chi connectivity index (χ0n) is 9.69. The molecule has 2 rings (SSSR count). The van der Waals surface area contributed by atoms with Crippen molar-refractivity contribution in [3.05, 3.63) is 23.8 Å². The van der Waals surface area contributed by atoms with E-state index in [9.17, 15) is 8.42 Å². The SMILES string of the molecule is CC(C)C1=Nc2cc(S(C)(=O)=O)ccc2C1. The van der Waals surface area contributed by atoms with Gasteiger partial charge in [0.1, 0.15) is 0 Å². The van der Waals surface area contributed by atoms with Crippen molar-refractivity contribution in [3.63, 3.8) is 0 Å². The molecule has 0 aromatic heterocycles. The molecule has 0 amide bonds. The van der Waals surface area contributed by atoms with Crippen molar-refractivity contribution in [1.29, 1.82) is 0 Å². The maximum absolute atomic E-state index is 11.4. The van der Waals surface area contributed by atoms with Crippen LogP contribution in [0.25, 0.3) is 0 Å². The van der Waals surface area contributed by atoms with Crippen molar-refractivity contribution in [2.75, 3.05) is 6.26 Å². The molecule has 16 heavy (non-hydrogen) atoms. The van der Waals surface area contributed by atoms with Crippen LogP contribution in [0.4, 0.5) is 5.69 Å². The summed E-state index contributed by atoms with van der Waals surface area (Å²) in [6.45, 7) is 4.20. The number of sulfone groups is 1. The zero-order valence-corrected chi connectivity index (χ0v) is 10.5. The van der Waals surface area contributed by atoms with Crippen molar-refractivity contribution in [3.8, 4) is 0 Å². The molecule has 0 fully saturated rings. The van der Waals surface area contributed by atoms with E-state index in [0.717, 1.165) is 23.4 Å². The van der Waals surface area contributed by atoms with Gasteiger partial charge in [-0.3, -0.25) is 4.99 Å². The van der Waals surface area contributed by atoms with E-state index in [1.54, 1.807) is 12.1 Å². The first-order chi connectivity index (χ1) is 7.38. The molecule has 1 heterocycles. The van der Waals surface area contributed by atoms with Crippen LogP contribution in [-0.2, 0) is 16.3 Å². The number of nitrogens with zero attached hydrogens (tertiary/aromatic N) is 1. The third-order valence-corrected chi connectivity index (χ3v) is 3.90. The summed E-state index contributed by atoms with van der Waals surface area (Å²) in [5.74, 6) is 0.411. The lowest BCUT2D eigenvalue weighted by molar-refractivity contribution is 0.602. The van der Waals surface area contributed by atoms with Gasteiger partial charge in [-0.25, -0.2) is 8.42 Å². The Bertz CT molecular complexity index is 556. The largest absolute Gasteiger partial charge is 0.257 e. The minimum Gasteiger partial charge on any atom is -0.257 e. The van der Waals surface area contributed by atoms with Crippen LogP contribution in [-0.4, -0.2) is 20.4 Å². The molecule has 1 aromatic carbocycles. The highest BCUT2D eigenvalue weighted by molar-refractivity contribution is 7.90. The van der Waals surface area contributed by atoms with Gasteiger partial charge in [0, 0.05) is 18.4 Å². The number of benzene rings is 1. The lowest BCUT2D eigenvalue weighted by Gasteiger charge is -2.02. The van der Waals surface area contributed by atoms with Gasteiger partial charge < -0.3 is 0 Å². The van der Waals surface area contributed by atoms with Crippen molar-refractivity contribution < 1.29 is 8.42 Å². The second kappa shape index (κ2) is 3.70. The molecule has 86 valence electrons. The summed E-state index contributed by atoms with van der Waals surface area (Å²) in [6.07, 6.45) is 2.06. The van der Waals surface area contributed by atoms with Crippen molar-refractivity contribution >= 4 is 21.2 Å². The van der Waals surface area contributed by atoms with Gasteiger partial charge in [0.2, 0.25) is 0 Å². The Morgan fingerprint density at radius 3 is 2.56 bits per heavy atom. The monoisotopic (exact) mass is 237 g/mol. The molecule has 3 nitrogen and oxygen atoms in total. The highest BCUT2D eigenvalue weighted by Gasteiger charge is 2.18. The first-order valence-corrected chi connectivity index (χ1v) is 7.17. The molecule has 0 spiro atoms. The quantitative estimate of drug-likeness (QED) is 0.792. The topological polar surface area (TPSA) is 46.5 Å². The van der Waals surface area contributed by atoms with Crippen LogP contribution in [0.2, 0.25) is 0 Å². The molecule has 1 aliphatic heterocycles. The molecule has 0 aliphatic carbocycles. The second-order valence-electron chi connectivity index (χ2n) is 4.50. The molecule has 0 radical (unpaired) electrons. The highest BCUT2D eigenvalue weighted by atomic mass is 32.2. The average Bonchev–Trinajstić information content (AvgIpc) is 2.58. The van der Waals surface area contributed by atoms with Crippen LogP contribution < -0.4 is 0 Å². The van der Waals surface area contributed by atoms with Gasteiger partial charge in [-0.15, -0.1) is 0 Å². The third kappa shape index (κ3) is 2.02. The molecule has 0 saturated carbocycles. The van der Waals surface area contributed by atoms with Gasteiger partial charge >= 0.3 is 0 Å². The predicted molar refractivity (Wildman–Crippen MR) is 65.2 cm³/mol. The zero-order chi connectivity index (χ0) is 11.9. The minimum absolute atomic E-state index is 0.347. The molecule has 4 heteroatoms. The summed E-state index contributed by atoms with van der Waals surface area (Å²) in [5, 5.41) is 0. The van der Waals surface area contributed by atoms with Crippen LogP contribution in [0.15, 0.2) is 28.1 Å². The molecule has 0 bridgehead atoms. The van der Waals surface area contributed by atoms with E-state index in [4.69, 9.17) is 0 Å². The lowest BCUT2D eigenvalue weighted by atomic mass is 10.0. The van der Waals surface area contributed by atoms with Gasteiger partial charge in [0.15, 0.2) is 9.84 Å². The van der Waals surface area contributed by atoms with Crippen molar-refractivity contribution in [1.82, 2.24) is 0 Å². The standard InChI is InChI=1S/C12H15NO2S/c1-8(2)11-6-9-4-5-10(16(3,14)15)7-12(9)13-11/h4-5,7-8H,6H2,1-3H3. The molecule has 0 saturated heterocycles. The van der Waals surface area contributed by atoms with E-state index in [1.165, 1.54) is 6.26 Å². The molecular formula is C12H15NO2S. The van der Waals surface area contributed by atoms with Gasteiger partial charge in [0.05, 0.1) is 10.6 Å². The van der Waals surface area contributed by atoms with Crippen molar-refractivity contribution in [2.24, 2.45) is 10.9 Å². The van der Waals surface area contributed by atoms with Crippen LogP contribution in [0.1, 0.15) is 19.4 Å². The van der Waals surface area contributed by atoms with Gasteiger partial charge in [-0.1, -0.05) is 19.9 Å². The highest BCUT2D eigenvalue weighted by Crippen LogP contribution is 2.31. The predicted octanol–water partition coefficient (Wildman–Crippen LogP) is 2.37. The van der Waals surface area contributed by atoms with E-state index in [1.807, 2.05) is 6.07 Å². The van der Waals surface area contributed by atoms with Crippen molar-refractivity contribution in [2.45, 2.75) is 25.2 Å². The number of aliphatic imine (C=N–C) groups is 1. The van der Waals surface area contributed by atoms with E-state index in [-0.39, 0.29) is 0 Å². The molecule has 0 atom stereocenters. The number of fused-ring (bicyclic) bond motifs is 1. The van der Waals surface area contributed by atoms with Crippen LogP contribution in [0.3, 0.4) is 0 Å². The first kappa shape index (κ1) is 11.3. The summed E-state index contributed by atoms with van der Waals surface area (Å²) in [6, 6.07) is 5.19. The summed E-state index contributed by atoms with van der Waals surface area (Å²) >= 11 is 0. The molecule has 1 aromatic rings. The number of hydrogen-bond donors (Lipinski definition) is 0. The number of hydrogen-bond acceptors (Lipinski definition) is 3. The summed E-state index contributed by atoms with van der Waals surface area (Å²) < 4.78 is 22.8. The van der Waals surface area contributed by atoms with Gasteiger partial charge in [-0.2, -0.15) is 0 Å². The van der Waals surface area contributed by atoms with Gasteiger partial charge in [-0.05, 0) is 23.6 Å². The normalized spacial score (nSPS) is 15.1. The second-order valence-corrected chi connectivity index (χ2v) is 6.51. The molecule has 0 N–H and O–H groups in total. The summed E-state index contributed by atoms with van der Waals surface area (Å²) in [4.78, 5) is 4.82. The maximum atomic E-state index is 11.4. The minimum atomic E-state index is -3.13. The van der Waals surface area contributed by atoms with Crippen LogP contribution in [0, 0.1) is 5.92 Å². The average molecular weight is 237 g/mol. The molecular weight excluding hydrogens is 222 g/mol. The van der Waals surface area contributed by atoms with E-state index in [0.29, 0.717) is 10.8 Å². The van der Waals surface area contributed by atoms with E-state index < -0.39 is 9.84 Å². The van der Waals surface area contributed by atoms with Crippen LogP contribution >= 0.6 is 0 Å². The summed E-state index contributed by atoms with van der Waals surface area (Å²) in [7, 11) is -3.13. The fraction of sp³-hybridized carbons (Fsp3) is 0.417. The third-order valence-electron chi connectivity index (χ3n) is 2.79. The molecule has 1 aliphatic rings. The number of rotatable bonds is 2. The molecule has 0 unspecified atom stereocenters. The summed E-state index contributed by atoms with van der Waals surface area (Å²) in [5.41, 5.74) is 3.06. The Hall–Kier alpha value is -1.16. The fourth-order valence-corrected chi connectivity index (χ4v) is 2.39. The van der Waals surface area contributed by atoms with E-state index in [2.05, 4.69) is 18.8 Å². The van der Waals surface area contributed by atoms with Gasteiger partial charge in [0.25, 0.3) is 0 Å². The Balaban J connectivity index is 2.46. The first-order valence-electron chi connectivity index (χ1n) is 5.28. The Morgan fingerprint density at radius 2 is 2.00 bits per heavy atom. The maximum Gasteiger partial charge on any atom is 0.175 e. The Kier molecular flexibility index (Phi) is 2.62. The Labute approximate surface area is 96.1 Å². The van der Waals surface area contributed by atoms with E-state index >= 15 is 0 Å². The fourth-order valence-electron chi connectivity index (χ4n) is 1.75. The Morgan fingerprint density at radius 1 is 1.31 bits per heavy atom. The van der Waals surface area contributed by atoms with Crippen LogP contribution in [0.5, 0.6) is 0 Å². The smallest absolute Gasteiger partial charge is 0.175 e. The lowest BCUT2D eigenvalue weighted by Crippen LogP contribution is -2.06.